The summed E-state index contributed by atoms with van der Waals surface area (Å²) in [4.78, 5) is 8.56. The highest BCUT2D eigenvalue weighted by atomic mass is 16.6. The van der Waals surface area contributed by atoms with Gasteiger partial charge in [0.1, 0.15) is 5.75 Å². The number of phenols is 1. The summed E-state index contributed by atoms with van der Waals surface area (Å²) in [5, 5.41) is 24.0. The van der Waals surface area contributed by atoms with Gasteiger partial charge in [-0.3, -0.25) is 0 Å². The number of hydrogen-bond acceptors (Lipinski definition) is 2. The molecular formula is C17H28O4. The number of hydrogen-bond donors (Lipinski definition) is 3. The molecule has 0 saturated heterocycles. The van der Waals surface area contributed by atoms with Crippen LogP contribution in [0.3, 0.4) is 0 Å². The summed E-state index contributed by atoms with van der Waals surface area (Å²) in [7, 11) is 0. The minimum Gasteiger partial charge on any atom is -0.508 e. The second-order valence-corrected chi connectivity index (χ2v) is 6.20. The quantitative estimate of drug-likeness (QED) is 0.697. The third kappa shape index (κ3) is 7.02. The normalized spacial score (nSPS) is 11.0. The van der Waals surface area contributed by atoms with E-state index in [1.54, 1.807) is 0 Å². The molecule has 0 aliphatic heterocycles. The van der Waals surface area contributed by atoms with Crippen molar-refractivity contribution >= 4 is 6.16 Å². The third-order valence-electron chi connectivity index (χ3n) is 3.57. The molecule has 0 aliphatic carbocycles. The molecular weight excluding hydrogens is 268 g/mol. The maximum atomic E-state index is 10.1. The molecule has 1 aromatic rings. The van der Waals surface area contributed by atoms with Gasteiger partial charge in [0.2, 0.25) is 0 Å². The Morgan fingerprint density at radius 1 is 1.24 bits per heavy atom. The molecule has 4 heteroatoms. The van der Waals surface area contributed by atoms with Crippen LogP contribution in [0.1, 0.15) is 70.9 Å². The van der Waals surface area contributed by atoms with Crippen LogP contribution in [0, 0.1) is 0 Å². The standard InChI is InChI=1S/C16H26O.CH2O3/c1-6-7-10-16(4,5)14-11-13(12(2)3)8-9-15(14)17;2-1(3)4/h8-9,11-12,17H,6-7,10H2,1-5H3;(H2,2,3,4). The van der Waals surface area contributed by atoms with E-state index in [-0.39, 0.29) is 5.41 Å². The third-order valence-corrected chi connectivity index (χ3v) is 3.57. The summed E-state index contributed by atoms with van der Waals surface area (Å²) in [5.41, 5.74) is 2.46. The molecule has 0 fully saturated rings. The molecule has 0 amide bonds. The molecule has 4 nitrogen and oxygen atoms in total. The maximum absolute atomic E-state index is 10.1. The number of aromatic hydroxyl groups is 1. The first kappa shape index (κ1) is 19.3. The Bertz CT molecular complexity index is 446. The van der Waals surface area contributed by atoms with Crippen molar-refractivity contribution in [2.45, 2.75) is 65.2 Å². The first-order valence-electron chi connectivity index (χ1n) is 7.37. The zero-order valence-electron chi connectivity index (χ0n) is 13.7. The Labute approximate surface area is 127 Å². The fourth-order valence-electron chi connectivity index (χ4n) is 2.21. The van der Waals surface area contributed by atoms with E-state index in [1.165, 1.54) is 18.4 Å². The average molecular weight is 296 g/mol. The summed E-state index contributed by atoms with van der Waals surface area (Å²) in [5.74, 6) is 0.951. The molecule has 0 atom stereocenters. The highest BCUT2D eigenvalue weighted by molar-refractivity contribution is 5.53. The number of rotatable bonds is 5. The SMILES string of the molecule is CCCCC(C)(C)c1cc(C(C)C)ccc1O.O=C(O)O. The van der Waals surface area contributed by atoms with Crippen LogP contribution in [-0.4, -0.2) is 21.5 Å². The minimum absolute atomic E-state index is 0.0605. The molecule has 1 aromatic carbocycles. The zero-order chi connectivity index (χ0) is 16.6. The Morgan fingerprint density at radius 3 is 2.19 bits per heavy atom. The molecule has 0 saturated carbocycles. The molecule has 0 aromatic heterocycles. The summed E-state index contributed by atoms with van der Waals surface area (Å²) in [6.07, 6.45) is 1.70. The van der Waals surface area contributed by atoms with Gasteiger partial charge in [-0.15, -0.1) is 0 Å². The average Bonchev–Trinajstić information content (AvgIpc) is 2.35. The lowest BCUT2D eigenvalue weighted by Gasteiger charge is -2.27. The zero-order valence-corrected chi connectivity index (χ0v) is 13.7. The summed E-state index contributed by atoms with van der Waals surface area (Å²) in [6, 6.07) is 6.05. The summed E-state index contributed by atoms with van der Waals surface area (Å²) >= 11 is 0. The Balaban J connectivity index is 0.000000885. The van der Waals surface area contributed by atoms with Gasteiger partial charge >= 0.3 is 6.16 Å². The molecule has 0 bridgehead atoms. The number of carboxylic acid groups (broad SMARTS) is 2. The number of phenolic OH excluding ortho intramolecular Hbond substituents is 1. The molecule has 0 heterocycles. The smallest absolute Gasteiger partial charge is 0.503 e. The van der Waals surface area contributed by atoms with Gasteiger partial charge in [-0.25, -0.2) is 4.79 Å². The van der Waals surface area contributed by atoms with Crippen LogP contribution >= 0.6 is 0 Å². The van der Waals surface area contributed by atoms with Gasteiger partial charge in [-0.05, 0) is 34.9 Å². The largest absolute Gasteiger partial charge is 0.508 e. The van der Waals surface area contributed by atoms with Crippen molar-refractivity contribution in [1.29, 1.82) is 0 Å². The molecule has 0 aliphatic rings. The van der Waals surface area contributed by atoms with Gasteiger partial charge in [0.05, 0.1) is 0 Å². The van der Waals surface area contributed by atoms with Crippen molar-refractivity contribution < 1.29 is 20.1 Å². The molecule has 21 heavy (non-hydrogen) atoms. The predicted octanol–water partition coefficient (Wildman–Crippen LogP) is 5.21. The summed E-state index contributed by atoms with van der Waals surface area (Å²) < 4.78 is 0. The van der Waals surface area contributed by atoms with Crippen molar-refractivity contribution in [3.8, 4) is 5.75 Å². The van der Waals surface area contributed by atoms with Crippen LogP contribution in [-0.2, 0) is 5.41 Å². The highest BCUT2D eigenvalue weighted by Crippen LogP contribution is 2.36. The van der Waals surface area contributed by atoms with Crippen molar-refractivity contribution in [3.05, 3.63) is 29.3 Å². The van der Waals surface area contributed by atoms with Gasteiger partial charge < -0.3 is 15.3 Å². The van der Waals surface area contributed by atoms with Crippen LogP contribution in [0.5, 0.6) is 5.75 Å². The Kier molecular flexibility index (Phi) is 7.85. The van der Waals surface area contributed by atoms with Crippen LogP contribution in [0.4, 0.5) is 4.79 Å². The number of carbonyl (C=O) groups is 1. The maximum Gasteiger partial charge on any atom is 0.503 e. The topological polar surface area (TPSA) is 77.8 Å². The Morgan fingerprint density at radius 2 is 1.76 bits per heavy atom. The lowest BCUT2D eigenvalue weighted by atomic mass is 9.78. The van der Waals surface area contributed by atoms with Crippen LogP contribution < -0.4 is 0 Å². The molecule has 120 valence electrons. The monoisotopic (exact) mass is 296 g/mol. The lowest BCUT2D eigenvalue weighted by Crippen LogP contribution is -2.17. The molecule has 0 radical (unpaired) electrons. The van der Waals surface area contributed by atoms with Gasteiger partial charge in [0.25, 0.3) is 0 Å². The molecule has 3 N–H and O–H groups in total. The second-order valence-electron chi connectivity index (χ2n) is 6.20. The van der Waals surface area contributed by atoms with Crippen molar-refractivity contribution in [2.24, 2.45) is 0 Å². The van der Waals surface area contributed by atoms with Crippen LogP contribution in [0.15, 0.2) is 18.2 Å². The van der Waals surface area contributed by atoms with E-state index in [2.05, 4.69) is 40.7 Å². The minimum atomic E-state index is -1.83. The first-order chi connectivity index (χ1) is 9.61. The Hall–Kier alpha value is -1.71. The molecule has 1 rings (SSSR count). The van der Waals surface area contributed by atoms with Crippen molar-refractivity contribution in [1.82, 2.24) is 0 Å². The fourth-order valence-corrected chi connectivity index (χ4v) is 2.21. The second kappa shape index (κ2) is 8.55. The van der Waals surface area contributed by atoms with E-state index >= 15 is 0 Å². The predicted molar refractivity (Wildman–Crippen MR) is 85.4 cm³/mol. The lowest BCUT2D eigenvalue weighted by molar-refractivity contribution is 0.137. The van der Waals surface area contributed by atoms with E-state index in [0.717, 1.165) is 12.0 Å². The molecule has 0 unspecified atom stereocenters. The fraction of sp³-hybridized carbons (Fsp3) is 0.588. The first-order valence-corrected chi connectivity index (χ1v) is 7.37. The number of benzene rings is 1. The summed E-state index contributed by atoms with van der Waals surface area (Å²) in [6.45, 7) is 11.0. The van der Waals surface area contributed by atoms with E-state index < -0.39 is 6.16 Å². The van der Waals surface area contributed by atoms with Gasteiger partial charge in [-0.1, -0.05) is 59.6 Å². The van der Waals surface area contributed by atoms with Gasteiger partial charge in [-0.2, -0.15) is 0 Å². The van der Waals surface area contributed by atoms with Crippen molar-refractivity contribution in [3.63, 3.8) is 0 Å². The van der Waals surface area contributed by atoms with Crippen LogP contribution in [0.2, 0.25) is 0 Å². The van der Waals surface area contributed by atoms with E-state index in [1.807, 2.05) is 12.1 Å². The van der Waals surface area contributed by atoms with E-state index in [4.69, 9.17) is 15.0 Å². The van der Waals surface area contributed by atoms with Crippen LogP contribution in [0.25, 0.3) is 0 Å². The number of unbranched alkanes of at least 4 members (excludes halogenated alkanes) is 1. The van der Waals surface area contributed by atoms with Gasteiger partial charge in [0.15, 0.2) is 0 Å². The highest BCUT2D eigenvalue weighted by Gasteiger charge is 2.23. The van der Waals surface area contributed by atoms with Gasteiger partial charge in [0, 0.05) is 0 Å². The van der Waals surface area contributed by atoms with E-state index in [9.17, 15) is 5.11 Å². The molecule has 0 spiro atoms. The van der Waals surface area contributed by atoms with E-state index in [0.29, 0.717) is 11.7 Å². The van der Waals surface area contributed by atoms with Crippen molar-refractivity contribution in [2.75, 3.05) is 0 Å².